The maximum Gasteiger partial charge on any atom is 0.309 e. The molecule has 2 aliphatic carbocycles. The van der Waals surface area contributed by atoms with Crippen molar-refractivity contribution in [2.45, 2.75) is 66.4 Å². The minimum atomic E-state index is -0.740. The highest BCUT2D eigenvalue weighted by Crippen LogP contribution is 2.66. The van der Waals surface area contributed by atoms with Crippen molar-refractivity contribution in [2.24, 2.45) is 22.2 Å². The summed E-state index contributed by atoms with van der Waals surface area (Å²) in [4.78, 5) is 11.1. The Balaban J connectivity index is 1.91. The van der Waals surface area contributed by atoms with Gasteiger partial charge in [-0.15, -0.1) is 0 Å². The highest BCUT2D eigenvalue weighted by molar-refractivity contribution is 5.73. The zero-order valence-corrected chi connectivity index (χ0v) is 13.0. The molecule has 0 spiro atoms. The Bertz CT molecular complexity index is 372. The molecule has 2 saturated carbocycles. The molecule has 2 rings (SSSR count). The molecule has 2 aliphatic rings. The van der Waals surface area contributed by atoms with Gasteiger partial charge in [0.25, 0.3) is 0 Å². The van der Waals surface area contributed by atoms with Gasteiger partial charge in [0.05, 0.1) is 11.5 Å². The molecule has 0 amide bonds. The lowest BCUT2D eigenvalue weighted by molar-refractivity contribution is -0.148. The number of carbonyl (C=O) groups is 1. The first-order chi connectivity index (χ1) is 8.61. The van der Waals surface area contributed by atoms with E-state index in [2.05, 4.69) is 20.8 Å². The second-order valence-electron chi connectivity index (χ2n) is 7.91. The van der Waals surface area contributed by atoms with Crippen LogP contribution in [0.2, 0.25) is 0 Å². The first-order valence-corrected chi connectivity index (χ1v) is 7.46. The maximum atomic E-state index is 11.1. The predicted molar refractivity (Wildman–Crippen MR) is 75.0 cm³/mol. The Morgan fingerprint density at radius 2 is 2.00 bits per heavy atom. The molecule has 3 unspecified atom stereocenters. The minimum absolute atomic E-state index is 0.269. The Hall–Kier alpha value is -0.570. The molecule has 0 aromatic heterocycles. The van der Waals surface area contributed by atoms with Crippen molar-refractivity contribution in [2.75, 3.05) is 6.61 Å². The molecule has 0 aromatic carbocycles. The van der Waals surface area contributed by atoms with Gasteiger partial charge in [-0.3, -0.25) is 4.79 Å². The molecule has 2 bridgehead atoms. The standard InChI is InChI=1S/C16H28O3/c1-14(2,13(17)18)8-9-19-12-10-11-6-7-16(12,5)15(11,3)4/h11-12H,6-10H2,1-5H3,(H,17,18). The van der Waals surface area contributed by atoms with Crippen molar-refractivity contribution < 1.29 is 14.6 Å². The first-order valence-electron chi connectivity index (χ1n) is 7.46. The summed E-state index contributed by atoms with van der Waals surface area (Å²) in [5, 5.41) is 9.12. The molecule has 3 nitrogen and oxygen atoms in total. The van der Waals surface area contributed by atoms with Crippen LogP contribution in [0.15, 0.2) is 0 Å². The smallest absolute Gasteiger partial charge is 0.309 e. The van der Waals surface area contributed by atoms with Crippen LogP contribution in [0, 0.1) is 22.2 Å². The molecule has 1 N–H and O–H groups in total. The van der Waals surface area contributed by atoms with Crippen molar-refractivity contribution in [3.8, 4) is 0 Å². The van der Waals surface area contributed by atoms with Gasteiger partial charge in [-0.2, -0.15) is 0 Å². The number of carboxylic acids is 1. The van der Waals surface area contributed by atoms with Gasteiger partial charge in [0.2, 0.25) is 0 Å². The van der Waals surface area contributed by atoms with Gasteiger partial charge in [-0.1, -0.05) is 20.8 Å². The molecular weight excluding hydrogens is 240 g/mol. The van der Waals surface area contributed by atoms with Crippen LogP contribution in [-0.2, 0) is 9.53 Å². The molecule has 3 atom stereocenters. The summed E-state index contributed by atoms with van der Waals surface area (Å²) in [7, 11) is 0. The fourth-order valence-electron chi connectivity index (χ4n) is 3.95. The van der Waals surface area contributed by atoms with E-state index in [-0.39, 0.29) is 5.41 Å². The number of hydrogen-bond donors (Lipinski definition) is 1. The quantitative estimate of drug-likeness (QED) is 0.826. The lowest BCUT2D eigenvalue weighted by atomic mass is 9.70. The summed E-state index contributed by atoms with van der Waals surface area (Å²) in [5.41, 5.74) is -0.0565. The summed E-state index contributed by atoms with van der Waals surface area (Å²) in [6.45, 7) is 11.2. The van der Waals surface area contributed by atoms with E-state index in [1.807, 2.05) is 0 Å². The Morgan fingerprint density at radius 1 is 1.37 bits per heavy atom. The van der Waals surface area contributed by atoms with E-state index in [9.17, 15) is 4.79 Å². The van der Waals surface area contributed by atoms with Gasteiger partial charge < -0.3 is 9.84 Å². The molecular formula is C16H28O3. The minimum Gasteiger partial charge on any atom is -0.481 e. The third-order valence-corrected chi connectivity index (χ3v) is 6.34. The Kier molecular flexibility index (Phi) is 3.49. The zero-order valence-electron chi connectivity index (χ0n) is 13.0. The van der Waals surface area contributed by atoms with E-state index in [0.29, 0.717) is 24.5 Å². The van der Waals surface area contributed by atoms with Crippen molar-refractivity contribution >= 4 is 5.97 Å². The van der Waals surface area contributed by atoms with E-state index >= 15 is 0 Å². The number of hydrogen-bond acceptors (Lipinski definition) is 2. The zero-order chi connectivity index (χ0) is 14.5. The number of aliphatic carboxylic acids is 1. The van der Waals surface area contributed by atoms with Crippen LogP contribution in [0.25, 0.3) is 0 Å². The van der Waals surface area contributed by atoms with E-state index in [1.54, 1.807) is 13.8 Å². The number of carboxylic acid groups (broad SMARTS) is 1. The highest BCUT2D eigenvalue weighted by Gasteiger charge is 2.61. The molecule has 0 radical (unpaired) electrons. The summed E-state index contributed by atoms with van der Waals surface area (Å²) >= 11 is 0. The summed E-state index contributed by atoms with van der Waals surface area (Å²) in [6.07, 6.45) is 4.62. The van der Waals surface area contributed by atoms with E-state index in [1.165, 1.54) is 12.8 Å². The largest absolute Gasteiger partial charge is 0.481 e. The molecule has 0 aromatic rings. The molecule has 110 valence electrons. The average molecular weight is 268 g/mol. The summed E-state index contributed by atoms with van der Waals surface area (Å²) < 4.78 is 6.10. The van der Waals surface area contributed by atoms with Crippen LogP contribution in [0.1, 0.15) is 60.3 Å². The van der Waals surface area contributed by atoms with E-state index in [4.69, 9.17) is 9.84 Å². The Labute approximate surface area is 116 Å². The number of fused-ring (bicyclic) bond motifs is 2. The molecule has 0 saturated heterocycles. The topological polar surface area (TPSA) is 46.5 Å². The summed E-state index contributed by atoms with van der Waals surface area (Å²) in [6, 6.07) is 0. The van der Waals surface area contributed by atoms with Crippen molar-refractivity contribution in [3.63, 3.8) is 0 Å². The lowest BCUT2D eigenvalue weighted by Gasteiger charge is -2.39. The monoisotopic (exact) mass is 268 g/mol. The van der Waals surface area contributed by atoms with E-state index in [0.717, 1.165) is 12.3 Å². The SMILES string of the molecule is CC(C)(CCOC1CC2CCC1(C)C2(C)C)C(=O)O. The number of ether oxygens (including phenoxy) is 1. The van der Waals surface area contributed by atoms with Gasteiger partial charge in [-0.05, 0) is 56.3 Å². The maximum absolute atomic E-state index is 11.1. The van der Waals surface area contributed by atoms with Crippen LogP contribution in [0.4, 0.5) is 0 Å². The number of rotatable bonds is 5. The van der Waals surface area contributed by atoms with Crippen LogP contribution >= 0.6 is 0 Å². The first kappa shape index (κ1) is 14.8. The highest BCUT2D eigenvalue weighted by atomic mass is 16.5. The normalized spacial score (nSPS) is 36.7. The van der Waals surface area contributed by atoms with Crippen LogP contribution in [0.5, 0.6) is 0 Å². The third-order valence-electron chi connectivity index (χ3n) is 6.34. The van der Waals surface area contributed by atoms with Crippen LogP contribution < -0.4 is 0 Å². The fraction of sp³-hybridized carbons (Fsp3) is 0.938. The summed E-state index contributed by atoms with van der Waals surface area (Å²) in [5.74, 6) is 0.0329. The average Bonchev–Trinajstić information content (AvgIpc) is 2.61. The predicted octanol–water partition coefficient (Wildman–Crippen LogP) is 3.72. The van der Waals surface area contributed by atoms with Crippen molar-refractivity contribution in [1.82, 2.24) is 0 Å². The van der Waals surface area contributed by atoms with E-state index < -0.39 is 11.4 Å². The second kappa shape index (κ2) is 4.47. The molecule has 0 aliphatic heterocycles. The molecule has 2 fully saturated rings. The third kappa shape index (κ3) is 2.20. The van der Waals surface area contributed by atoms with Gasteiger partial charge in [0, 0.05) is 6.61 Å². The van der Waals surface area contributed by atoms with Gasteiger partial charge in [-0.25, -0.2) is 0 Å². The molecule has 3 heteroatoms. The van der Waals surface area contributed by atoms with Crippen molar-refractivity contribution in [1.29, 1.82) is 0 Å². The van der Waals surface area contributed by atoms with Crippen LogP contribution in [0.3, 0.4) is 0 Å². The second-order valence-corrected chi connectivity index (χ2v) is 7.91. The molecule has 19 heavy (non-hydrogen) atoms. The lowest BCUT2D eigenvalue weighted by Crippen LogP contribution is -2.38. The fourth-order valence-corrected chi connectivity index (χ4v) is 3.95. The van der Waals surface area contributed by atoms with Gasteiger partial charge in [0.15, 0.2) is 0 Å². The molecule has 0 heterocycles. The van der Waals surface area contributed by atoms with Gasteiger partial charge >= 0.3 is 5.97 Å². The van der Waals surface area contributed by atoms with Crippen molar-refractivity contribution in [3.05, 3.63) is 0 Å². The van der Waals surface area contributed by atoms with Crippen LogP contribution in [-0.4, -0.2) is 23.8 Å². The Morgan fingerprint density at radius 3 is 2.42 bits per heavy atom. The van der Waals surface area contributed by atoms with Gasteiger partial charge in [0.1, 0.15) is 0 Å².